The lowest BCUT2D eigenvalue weighted by molar-refractivity contribution is -0.126. The highest BCUT2D eigenvalue weighted by molar-refractivity contribution is 5.96. The molecule has 2 rings (SSSR count). The summed E-state index contributed by atoms with van der Waals surface area (Å²) in [6, 6.07) is 15.3. The quantitative estimate of drug-likeness (QED) is 0.830. The van der Waals surface area contributed by atoms with Gasteiger partial charge < -0.3 is 14.8 Å². The van der Waals surface area contributed by atoms with Crippen molar-refractivity contribution < 1.29 is 19.1 Å². The smallest absolute Gasteiger partial charge is 0.321 e. The van der Waals surface area contributed by atoms with Crippen LogP contribution < -0.4 is 20.1 Å². The SMILES string of the molecule is COc1cc(C#N)ccc1O[C@H](C)C(=O)NC(=O)NCc1ccccc1. The molecule has 3 amide bonds. The van der Waals surface area contributed by atoms with Gasteiger partial charge in [-0.3, -0.25) is 10.1 Å². The molecule has 26 heavy (non-hydrogen) atoms. The second kappa shape index (κ2) is 9.08. The standard InChI is InChI=1S/C19H19N3O4/c1-13(26-16-9-8-15(11-20)10-17(16)25-2)18(23)22-19(24)21-12-14-6-4-3-5-7-14/h3-10,13H,12H2,1-2H3,(H2,21,22,23,24)/t13-/m1/s1. The number of imide groups is 1. The molecule has 7 heteroatoms. The number of rotatable bonds is 6. The highest BCUT2D eigenvalue weighted by atomic mass is 16.5. The third kappa shape index (κ3) is 5.24. The number of benzene rings is 2. The number of ether oxygens (including phenoxy) is 2. The Balaban J connectivity index is 1.89. The second-order valence-corrected chi connectivity index (χ2v) is 5.40. The zero-order valence-corrected chi connectivity index (χ0v) is 14.5. The van der Waals surface area contributed by atoms with Crippen LogP contribution in [0, 0.1) is 11.3 Å². The zero-order chi connectivity index (χ0) is 18.9. The van der Waals surface area contributed by atoms with Crippen molar-refractivity contribution in [3.63, 3.8) is 0 Å². The molecule has 0 fully saturated rings. The molecule has 0 aromatic heterocycles. The summed E-state index contributed by atoms with van der Waals surface area (Å²) in [6.07, 6.45) is -0.931. The van der Waals surface area contributed by atoms with E-state index in [1.807, 2.05) is 36.4 Å². The van der Waals surface area contributed by atoms with Gasteiger partial charge in [-0.2, -0.15) is 5.26 Å². The first-order valence-electron chi connectivity index (χ1n) is 7.91. The number of nitrogens with one attached hydrogen (secondary N) is 2. The zero-order valence-electron chi connectivity index (χ0n) is 14.5. The summed E-state index contributed by atoms with van der Waals surface area (Å²) in [7, 11) is 1.44. The van der Waals surface area contributed by atoms with Crippen molar-refractivity contribution in [2.75, 3.05) is 7.11 Å². The predicted molar refractivity (Wildman–Crippen MR) is 94.6 cm³/mol. The van der Waals surface area contributed by atoms with Gasteiger partial charge in [0.25, 0.3) is 5.91 Å². The van der Waals surface area contributed by atoms with Crippen molar-refractivity contribution in [2.24, 2.45) is 0 Å². The number of nitrogens with zero attached hydrogens (tertiary/aromatic N) is 1. The molecule has 0 saturated heterocycles. The Labute approximate surface area is 151 Å². The molecule has 7 nitrogen and oxygen atoms in total. The molecule has 0 aliphatic rings. The fourth-order valence-corrected chi connectivity index (χ4v) is 2.11. The van der Waals surface area contributed by atoms with Crippen LogP contribution in [0.1, 0.15) is 18.1 Å². The average molecular weight is 353 g/mol. The van der Waals surface area contributed by atoms with Crippen molar-refractivity contribution in [3.05, 3.63) is 59.7 Å². The van der Waals surface area contributed by atoms with Crippen LogP contribution in [0.15, 0.2) is 48.5 Å². The number of amides is 3. The van der Waals surface area contributed by atoms with E-state index in [-0.39, 0.29) is 0 Å². The largest absolute Gasteiger partial charge is 0.493 e. The first kappa shape index (κ1) is 18.8. The normalized spacial score (nSPS) is 11.0. The van der Waals surface area contributed by atoms with E-state index in [0.29, 0.717) is 23.6 Å². The van der Waals surface area contributed by atoms with E-state index in [9.17, 15) is 9.59 Å². The molecule has 2 aromatic carbocycles. The van der Waals surface area contributed by atoms with Crippen molar-refractivity contribution in [1.82, 2.24) is 10.6 Å². The summed E-state index contributed by atoms with van der Waals surface area (Å²) in [5.41, 5.74) is 1.33. The van der Waals surface area contributed by atoms with Crippen LogP contribution in [0.5, 0.6) is 11.5 Å². The lowest BCUT2D eigenvalue weighted by atomic mass is 10.2. The van der Waals surface area contributed by atoms with Crippen LogP contribution in [0.3, 0.4) is 0 Å². The molecule has 1 atom stereocenters. The van der Waals surface area contributed by atoms with E-state index in [4.69, 9.17) is 14.7 Å². The molecule has 0 saturated carbocycles. The van der Waals surface area contributed by atoms with Gasteiger partial charge in [0.1, 0.15) is 0 Å². The lowest BCUT2D eigenvalue weighted by Gasteiger charge is -2.16. The summed E-state index contributed by atoms with van der Waals surface area (Å²) >= 11 is 0. The summed E-state index contributed by atoms with van der Waals surface area (Å²) in [5.74, 6) is 0.0399. The third-order valence-electron chi connectivity index (χ3n) is 3.50. The summed E-state index contributed by atoms with van der Waals surface area (Å²) in [5, 5.41) is 13.7. The molecule has 0 aliphatic carbocycles. The molecule has 2 N–H and O–H groups in total. The molecule has 0 bridgehead atoms. The fraction of sp³-hybridized carbons (Fsp3) is 0.211. The maximum atomic E-state index is 12.1. The predicted octanol–water partition coefficient (Wildman–Crippen LogP) is 2.36. The van der Waals surface area contributed by atoms with Crippen LogP contribution in [-0.2, 0) is 11.3 Å². The maximum absolute atomic E-state index is 12.1. The van der Waals surface area contributed by atoms with Crippen LogP contribution in [0.25, 0.3) is 0 Å². The topological polar surface area (TPSA) is 100 Å². The summed E-state index contributed by atoms with van der Waals surface area (Å²) < 4.78 is 10.7. The Morgan fingerprint density at radius 3 is 2.54 bits per heavy atom. The van der Waals surface area contributed by atoms with Crippen molar-refractivity contribution in [3.8, 4) is 17.6 Å². The molecule has 2 aromatic rings. The highest BCUT2D eigenvalue weighted by Crippen LogP contribution is 2.28. The van der Waals surface area contributed by atoms with Crippen LogP contribution in [0.2, 0.25) is 0 Å². The van der Waals surface area contributed by atoms with E-state index in [1.54, 1.807) is 6.07 Å². The molecule has 0 aliphatic heterocycles. The van der Waals surface area contributed by atoms with Crippen molar-refractivity contribution in [1.29, 1.82) is 5.26 Å². The van der Waals surface area contributed by atoms with Gasteiger partial charge in [0, 0.05) is 12.6 Å². The minimum Gasteiger partial charge on any atom is -0.493 e. The number of hydrogen-bond donors (Lipinski definition) is 2. The molecule has 0 unspecified atom stereocenters. The van der Waals surface area contributed by atoms with Gasteiger partial charge in [-0.25, -0.2) is 4.79 Å². The lowest BCUT2D eigenvalue weighted by Crippen LogP contribution is -2.44. The Hall–Kier alpha value is -3.53. The maximum Gasteiger partial charge on any atom is 0.321 e. The van der Waals surface area contributed by atoms with Crippen molar-refractivity contribution in [2.45, 2.75) is 19.6 Å². The van der Waals surface area contributed by atoms with Crippen LogP contribution >= 0.6 is 0 Å². The molecule has 134 valence electrons. The first-order valence-corrected chi connectivity index (χ1v) is 7.91. The number of methoxy groups -OCH3 is 1. The number of carbonyl (C=O) groups is 2. The Kier molecular flexibility index (Phi) is 6.57. The molecule has 0 spiro atoms. The third-order valence-corrected chi connectivity index (χ3v) is 3.50. The van der Waals surface area contributed by atoms with Gasteiger partial charge >= 0.3 is 6.03 Å². The number of urea groups is 1. The molecular formula is C19H19N3O4. The van der Waals surface area contributed by atoms with Gasteiger partial charge in [0.05, 0.1) is 18.7 Å². The van der Waals surface area contributed by atoms with E-state index in [2.05, 4.69) is 10.6 Å². The van der Waals surface area contributed by atoms with E-state index < -0.39 is 18.0 Å². The minimum atomic E-state index is -0.931. The monoisotopic (exact) mass is 353 g/mol. The van der Waals surface area contributed by atoms with Gasteiger partial charge in [-0.1, -0.05) is 30.3 Å². The average Bonchev–Trinajstić information content (AvgIpc) is 2.67. The number of hydrogen-bond acceptors (Lipinski definition) is 5. The number of carbonyl (C=O) groups excluding carboxylic acids is 2. The van der Waals surface area contributed by atoms with E-state index in [0.717, 1.165) is 5.56 Å². The van der Waals surface area contributed by atoms with Gasteiger partial charge in [0.15, 0.2) is 17.6 Å². The fourth-order valence-electron chi connectivity index (χ4n) is 2.11. The van der Waals surface area contributed by atoms with Crippen LogP contribution in [0.4, 0.5) is 4.79 Å². The molecule has 0 heterocycles. The van der Waals surface area contributed by atoms with Gasteiger partial charge in [-0.15, -0.1) is 0 Å². The van der Waals surface area contributed by atoms with Crippen LogP contribution in [-0.4, -0.2) is 25.2 Å². The molecular weight excluding hydrogens is 334 g/mol. The Morgan fingerprint density at radius 1 is 1.15 bits per heavy atom. The minimum absolute atomic E-state index is 0.304. The summed E-state index contributed by atoms with van der Waals surface area (Å²) in [4.78, 5) is 23.9. The summed E-state index contributed by atoms with van der Waals surface area (Å²) in [6.45, 7) is 1.82. The highest BCUT2D eigenvalue weighted by Gasteiger charge is 2.19. The van der Waals surface area contributed by atoms with Gasteiger partial charge in [0.2, 0.25) is 0 Å². The van der Waals surface area contributed by atoms with Crippen molar-refractivity contribution >= 4 is 11.9 Å². The Bertz CT molecular complexity index is 815. The second-order valence-electron chi connectivity index (χ2n) is 5.40. The first-order chi connectivity index (χ1) is 12.5. The van der Waals surface area contributed by atoms with E-state index in [1.165, 1.54) is 26.2 Å². The number of nitriles is 1. The van der Waals surface area contributed by atoms with Gasteiger partial charge in [-0.05, 0) is 24.6 Å². The Morgan fingerprint density at radius 2 is 1.88 bits per heavy atom. The van der Waals surface area contributed by atoms with E-state index >= 15 is 0 Å². The molecule has 0 radical (unpaired) electrons.